The van der Waals surface area contributed by atoms with E-state index in [4.69, 9.17) is 17.3 Å². The third-order valence-electron chi connectivity index (χ3n) is 5.64. The van der Waals surface area contributed by atoms with Crippen LogP contribution in [0.2, 0.25) is 0 Å². The average Bonchev–Trinajstić information content (AvgIpc) is 3.22. The molecule has 2 aromatic rings. The maximum Gasteiger partial charge on any atom is 0.235 e. The molecular weight excluding hydrogens is 408 g/mol. The van der Waals surface area contributed by atoms with Gasteiger partial charge in [0.25, 0.3) is 0 Å². The summed E-state index contributed by atoms with van der Waals surface area (Å²) in [5.41, 5.74) is 7.89. The van der Waals surface area contributed by atoms with Crippen LogP contribution >= 0.6 is 11.8 Å². The second-order valence-corrected chi connectivity index (χ2v) is 8.74. The first-order chi connectivity index (χ1) is 14.9. The van der Waals surface area contributed by atoms with Crippen molar-refractivity contribution in [3.05, 3.63) is 58.4 Å². The molecule has 7 nitrogen and oxygen atoms in total. The van der Waals surface area contributed by atoms with Gasteiger partial charge in [-0.05, 0) is 37.6 Å². The average molecular weight is 435 g/mol. The molecule has 0 spiro atoms. The molecule has 1 fully saturated rings. The van der Waals surface area contributed by atoms with Gasteiger partial charge in [0.05, 0.1) is 12.1 Å². The van der Waals surface area contributed by atoms with Gasteiger partial charge < -0.3 is 15.5 Å². The summed E-state index contributed by atoms with van der Waals surface area (Å²) in [5.74, 6) is 0.0615. The van der Waals surface area contributed by atoms with Crippen LogP contribution in [0.25, 0.3) is 4.85 Å². The van der Waals surface area contributed by atoms with Gasteiger partial charge in [-0.3, -0.25) is 4.79 Å². The Bertz CT molecular complexity index is 1040. The highest BCUT2D eigenvalue weighted by molar-refractivity contribution is 8.00. The van der Waals surface area contributed by atoms with Crippen molar-refractivity contribution in [3.8, 4) is 6.07 Å². The first kappa shape index (κ1) is 22.6. The smallest absolute Gasteiger partial charge is 0.235 e. The van der Waals surface area contributed by atoms with Crippen molar-refractivity contribution in [1.29, 1.82) is 5.26 Å². The van der Waals surface area contributed by atoms with E-state index in [1.54, 1.807) is 0 Å². The number of nitrogens with two attached hydrogens (primary N) is 1. The minimum atomic E-state index is -0.680. The molecule has 1 aromatic carbocycles. The first-order valence-electron chi connectivity index (χ1n) is 10.2. The van der Waals surface area contributed by atoms with Crippen LogP contribution in [0.15, 0.2) is 35.4 Å². The summed E-state index contributed by atoms with van der Waals surface area (Å²) in [6, 6.07) is 11.7. The normalized spacial score (nSPS) is 17.0. The lowest BCUT2D eigenvalue weighted by Crippen LogP contribution is -2.34. The van der Waals surface area contributed by atoms with E-state index in [0.717, 1.165) is 25.1 Å². The molecule has 3 rings (SSSR count). The molecule has 160 valence electrons. The molecule has 1 saturated heterocycles. The van der Waals surface area contributed by atoms with E-state index in [0.29, 0.717) is 34.1 Å². The Morgan fingerprint density at radius 1 is 1.48 bits per heavy atom. The number of primary amides is 1. The third-order valence-corrected chi connectivity index (χ3v) is 6.90. The van der Waals surface area contributed by atoms with Gasteiger partial charge >= 0.3 is 0 Å². The number of rotatable bonds is 7. The number of likely N-dealkylation sites (tertiary alicyclic amines) is 1. The van der Waals surface area contributed by atoms with Crippen molar-refractivity contribution >= 4 is 29.2 Å². The first-order valence-corrected chi connectivity index (χ1v) is 11.1. The van der Waals surface area contributed by atoms with Gasteiger partial charge in [0.1, 0.15) is 22.2 Å². The number of nitriles is 1. The number of carbonyl (C=O) groups excluding carboxylic acids is 1. The van der Waals surface area contributed by atoms with E-state index in [9.17, 15) is 10.1 Å². The van der Waals surface area contributed by atoms with Crippen molar-refractivity contribution in [2.45, 2.75) is 36.1 Å². The van der Waals surface area contributed by atoms with Crippen molar-refractivity contribution in [3.63, 3.8) is 0 Å². The van der Waals surface area contributed by atoms with Gasteiger partial charge in [-0.15, -0.1) is 0 Å². The standard InChI is InChI=1S/C23H26N6OS/c1-5-17-18(13-24)23(31-20(21(25)30)15-9-7-6-8-10-15)27-22(19(17)26-2)29(4)16-11-12-28(3)14-16/h6-10,16,20H,5,11-12,14H2,1,3-4H3,(H2,25,30). The summed E-state index contributed by atoms with van der Waals surface area (Å²) in [5, 5.41) is 9.66. The summed E-state index contributed by atoms with van der Waals surface area (Å²) in [4.78, 5) is 25.1. The van der Waals surface area contributed by atoms with E-state index < -0.39 is 11.2 Å². The lowest BCUT2D eigenvalue weighted by Gasteiger charge is -2.28. The van der Waals surface area contributed by atoms with Gasteiger partial charge in [0.2, 0.25) is 11.6 Å². The van der Waals surface area contributed by atoms with Crippen molar-refractivity contribution in [1.82, 2.24) is 9.88 Å². The van der Waals surface area contributed by atoms with Crippen molar-refractivity contribution < 1.29 is 4.79 Å². The van der Waals surface area contributed by atoms with E-state index in [2.05, 4.69) is 22.9 Å². The van der Waals surface area contributed by atoms with Crippen LogP contribution in [0.1, 0.15) is 35.3 Å². The zero-order valence-corrected chi connectivity index (χ0v) is 18.8. The van der Waals surface area contributed by atoms with E-state index in [-0.39, 0.29) is 6.04 Å². The predicted octanol–water partition coefficient (Wildman–Crippen LogP) is 3.53. The molecule has 0 bridgehead atoms. The predicted molar refractivity (Wildman–Crippen MR) is 123 cm³/mol. The van der Waals surface area contributed by atoms with E-state index in [1.165, 1.54) is 11.8 Å². The summed E-state index contributed by atoms with van der Waals surface area (Å²) in [6.45, 7) is 11.6. The molecule has 1 aliphatic rings. The third kappa shape index (κ3) is 4.66. The molecule has 0 saturated carbocycles. The monoisotopic (exact) mass is 434 g/mol. The highest BCUT2D eigenvalue weighted by atomic mass is 32.2. The maximum atomic E-state index is 12.3. The number of hydrogen-bond acceptors (Lipinski definition) is 6. The summed E-state index contributed by atoms with van der Waals surface area (Å²) < 4.78 is 0. The van der Waals surface area contributed by atoms with Crippen molar-refractivity contribution in [2.24, 2.45) is 5.73 Å². The Hall–Kier alpha value is -3.07. The molecule has 1 amide bonds. The van der Waals surface area contributed by atoms with Gasteiger partial charge in [0, 0.05) is 19.6 Å². The molecule has 1 aliphatic heterocycles. The molecule has 0 radical (unpaired) electrons. The number of pyridine rings is 1. The van der Waals surface area contributed by atoms with Crippen LogP contribution in [0.3, 0.4) is 0 Å². The number of benzene rings is 1. The highest BCUT2D eigenvalue weighted by Crippen LogP contribution is 2.43. The fraction of sp³-hybridized carbons (Fsp3) is 0.391. The Balaban J connectivity index is 2.12. The van der Waals surface area contributed by atoms with Crippen LogP contribution in [-0.4, -0.2) is 49.0 Å². The Morgan fingerprint density at radius 3 is 2.71 bits per heavy atom. The molecule has 1 aromatic heterocycles. The van der Waals surface area contributed by atoms with Crippen LogP contribution < -0.4 is 10.6 Å². The largest absolute Gasteiger partial charge is 0.368 e. The fourth-order valence-electron chi connectivity index (χ4n) is 3.93. The number of likely N-dealkylation sites (N-methyl/N-ethyl adjacent to an activating group) is 2. The quantitative estimate of drug-likeness (QED) is 0.530. The van der Waals surface area contributed by atoms with Crippen LogP contribution in [0.5, 0.6) is 0 Å². The molecular formula is C23H26N6OS. The van der Waals surface area contributed by atoms with Gasteiger partial charge in [0.15, 0.2) is 0 Å². The van der Waals surface area contributed by atoms with Crippen LogP contribution in [-0.2, 0) is 11.2 Å². The molecule has 2 atom stereocenters. The van der Waals surface area contributed by atoms with Crippen LogP contribution in [0, 0.1) is 17.9 Å². The fourth-order valence-corrected chi connectivity index (χ4v) is 4.98. The maximum absolute atomic E-state index is 12.3. The van der Waals surface area contributed by atoms with Gasteiger partial charge in [-0.25, -0.2) is 9.83 Å². The molecule has 8 heteroatoms. The summed E-state index contributed by atoms with van der Waals surface area (Å²) >= 11 is 1.18. The summed E-state index contributed by atoms with van der Waals surface area (Å²) in [7, 11) is 4.02. The van der Waals surface area contributed by atoms with Crippen molar-refractivity contribution in [2.75, 3.05) is 32.1 Å². The van der Waals surface area contributed by atoms with E-state index in [1.807, 2.05) is 49.2 Å². The number of nitrogens with zero attached hydrogens (tertiary/aromatic N) is 5. The van der Waals surface area contributed by atoms with Gasteiger partial charge in [-0.1, -0.05) is 49.0 Å². The number of aromatic nitrogens is 1. The lowest BCUT2D eigenvalue weighted by molar-refractivity contribution is -0.117. The number of anilines is 1. The SMILES string of the molecule is [C-]#[N+]c1c(N(C)C2CCN(C)C2)nc(SC(C(N)=O)c2ccccc2)c(C#N)c1CC. The van der Waals surface area contributed by atoms with E-state index >= 15 is 0 Å². The molecule has 2 unspecified atom stereocenters. The Labute approximate surface area is 187 Å². The Kier molecular flexibility index (Phi) is 7.17. The lowest BCUT2D eigenvalue weighted by atomic mass is 10.1. The molecule has 2 N–H and O–H groups in total. The number of hydrogen-bond donors (Lipinski definition) is 1. The second-order valence-electron chi connectivity index (χ2n) is 7.65. The Morgan fingerprint density at radius 2 is 2.19 bits per heavy atom. The second kappa shape index (κ2) is 9.82. The van der Waals surface area contributed by atoms with Crippen LogP contribution in [0.4, 0.5) is 11.5 Å². The molecule has 2 heterocycles. The van der Waals surface area contributed by atoms with Gasteiger partial charge in [-0.2, -0.15) is 5.26 Å². The number of carbonyl (C=O) groups is 1. The highest BCUT2D eigenvalue weighted by Gasteiger charge is 2.30. The zero-order valence-electron chi connectivity index (χ0n) is 18.0. The minimum absolute atomic E-state index is 0.231. The zero-order chi connectivity index (χ0) is 22.5. The molecule has 31 heavy (non-hydrogen) atoms. The topological polar surface area (TPSA) is 90.6 Å². The summed E-state index contributed by atoms with van der Waals surface area (Å²) in [6.07, 6.45) is 1.50. The number of amides is 1. The number of thioether (sulfide) groups is 1. The minimum Gasteiger partial charge on any atom is -0.368 e. The molecule has 0 aliphatic carbocycles.